The number of rotatable bonds is 8. The van der Waals surface area contributed by atoms with Crippen molar-refractivity contribution >= 4 is 38.6 Å². The summed E-state index contributed by atoms with van der Waals surface area (Å²) < 4.78 is 29.3. The molecule has 0 unspecified atom stereocenters. The van der Waals surface area contributed by atoms with Gasteiger partial charge in [0.2, 0.25) is 15.9 Å². The van der Waals surface area contributed by atoms with Crippen LogP contribution in [-0.4, -0.2) is 31.3 Å². The molecule has 4 rings (SSSR count). The van der Waals surface area contributed by atoms with Crippen LogP contribution in [0, 0.1) is 0 Å². The highest BCUT2D eigenvalue weighted by molar-refractivity contribution is 7.89. The van der Waals surface area contributed by atoms with Crippen molar-refractivity contribution < 1.29 is 13.2 Å². The lowest BCUT2D eigenvalue weighted by atomic mass is 10.2. The number of nitrogens with one attached hydrogen (secondary N) is 3. The van der Waals surface area contributed by atoms with Crippen molar-refractivity contribution in [3.63, 3.8) is 0 Å². The molecule has 0 fully saturated rings. The van der Waals surface area contributed by atoms with E-state index in [1.165, 1.54) is 24.3 Å². The minimum absolute atomic E-state index is 0.0635. The summed E-state index contributed by atoms with van der Waals surface area (Å²) in [5, 5.41) is 6.51. The van der Waals surface area contributed by atoms with Crippen LogP contribution in [0.25, 0.3) is 21.0 Å². The first-order valence-corrected chi connectivity index (χ1v) is 12.7. The molecule has 0 spiro atoms. The number of thiazole rings is 1. The van der Waals surface area contributed by atoms with Crippen molar-refractivity contribution in [1.82, 2.24) is 14.7 Å². The number of pyridine rings is 1. The van der Waals surface area contributed by atoms with E-state index in [0.29, 0.717) is 16.1 Å². The quantitative estimate of drug-likeness (QED) is 0.336. The minimum atomic E-state index is -3.91. The highest BCUT2D eigenvalue weighted by Gasteiger charge is 2.22. The summed E-state index contributed by atoms with van der Waals surface area (Å²) in [5.74, 6) is -0.286. The first-order chi connectivity index (χ1) is 16.4. The van der Waals surface area contributed by atoms with E-state index in [1.54, 1.807) is 42.9 Å². The second-order valence-corrected chi connectivity index (χ2v) is 10.2. The third kappa shape index (κ3) is 5.48. The number of aromatic nitrogens is 2. The van der Waals surface area contributed by atoms with E-state index in [-0.39, 0.29) is 17.3 Å². The Morgan fingerprint density at radius 3 is 2.38 bits per heavy atom. The number of amides is 1. The van der Waals surface area contributed by atoms with Crippen molar-refractivity contribution in [2.24, 2.45) is 0 Å². The Bertz CT molecular complexity index is 1400. The number of anilines is 2. The Morgan fingerprint density at radius 1 is 1.00 bits per heavy atom. The third-order valence-corrected chi connectivity index (χ3v) is 7.52. The van der Waals surface area contributed by atoms with Crippen LogP contribution < -0.4 is 15.4 Å². The van der Waals surface area contributed by atoms with Gasteiger partial charge in [0.1, 0.15) is 5.01 Å². The normalized spacial score (nSPS) is 11.2. The van der Waals surface area contributed by atoms with E-state index < -0.39 is 10.0 Å². The highest BCUT2D eigenvalue weighted by atomic mass is 32.2. The summed E-state index contributed by atoms with van der Waals surface area (Å²) in [7, 11) is -2.06. The maximum Gasteiger partial charge on any atom is 0.241 e. The zero-order chi connectivity index (χ0) is 24.1. The number of hydrogen-bond donors (Lipinski definition) is 3. The molecule has 0 bridgehead atoms. The Balaban J connectivity index is 1.70. The zero-order valence-electron chi connectivity index (χ0n) is 18.6. The Labute approximate surface area is 202 Å². The predicted octanol–water partition coefficient (Wildman–Crippen LogP) is 4.35. The van der Waals surface area contributed by atoms with Crippen LogP contribution in [0.15, 0.2) is 78.1 Å². The highest BCUT2D eigenvalue weighted by Crippen LogP contribution is 2.37. The third-order valence-electron chi connectivity index (χ3n) is 5.00. The van der Waals surface area contributed by atoms with Crippen LogP contribution in [0.4, 0.5) is 11.4 Å². The molecule has 2 aromatic heterocycles. The lowest BCUT2D eigenvalue weighted by molar-refractivity contribution is -0.114. The fourth-order valence-corrected chi connectivity index (χ4v) is 5.58. The fourth-order valence-electron chi connectivity index (χ4n) is 3.30. The van der Waals surface area contributed by atoms with Gasteiger partial charge in [-0.1, -0.05) is 6.07 Å². The van der Waals surface area contributed by atoms with E-state index in [4.69, 9.17) is 0 Å². The average molecular weight is 494 g/mol. The maximum atomic E-state index is 13.3. The van der Waals surface area contributed by atoms with Crippen molar-refractivity contribution in [1.29, 1.82) is 0 Å². The van der Waals surface area contributed by atoms with Gasteiger partial charge in [0.05, 0.1) is 9.77 Å². The van der Waals surface area contributed by atoms with Gasteiger partial charge in [0, 0.05) is 61.6 Å². The van der Waals surface area contributed by atoms with E-state index in [1.807, 2.05) is 31.3 Å². The van der Waals surface area contributed by atoms with Gasteiger partial charge >= 0.3 is 0 Å². The van der Waals surface area contributed by atoms with Crippen LogP contribution in [0.3, 0.4) is 0 Å². The fraction of sp³-hybridized carbons (Fsp3) is 0.125. The van der Waals surface area contributed by atoms with Gasteiger partial charge in [-0.05, 0) is 54.1 Å². The molecule has 0 saturated carbocycles. The molecule has 34 heavy (non-hydrogen) atoms. The smallest absolute Gasteiger partial charge is 0.241 e. The molecule has 0 atom stereocenters. The second-order valence-electron chi connectivity index (χ2n) is 7.43. The SMILES string of the molecule is CNc1ccc(-c2ncc(-c3ccc(NC(C)=O)cc3S(=O)(=O)NCc3ccncc3)s2)cc1. The Hall–Kier alpha value is -3.60. The van der Waals surface area contributed by atoms with Gasteiger partial charge in [-0.2, -0.15) is 0 Å². The van der Waals surface area contributed by atoms with Gasteiger partial charge in [-0.25, -0.2) is 18.1 Å². The molecule has 1 amide bonds. The van der Waals surface area contributed by atoms with Crippen LogP contribution in [-0.2, 0) is 21.4 Å². The van der Waals surface area contributed by atoms with Gasteiger partial charge in [-0.3, -0.25) is 9.78 Å². The molecule has 2 heterocycles. The number of hydrogen-bond acceptors (Lipinski definition) is 7. The topological polar surface area (TPSA) is 113 Å². The molecule has 0 aliphatic heterocycles. The summed E-state index contributed by atoms with van der Waals surface area (Å²) in [4.78, 5) is 20.8. The average Bonchev–Trinajstić information content (AvgIpc) is 3.33. The number of nitrogens with zero attached hydrogens (tertiary/aromatic N) is 2. The first-order valence-electron chi connectivity index (χ1n) is 10.4. The van der Waals surface area contributed by atoms with Crippen molar-refractivity contribution in [3.05, 3.63) is 78.8 Å². The van der Waals surface area contributed by atoms with Crippen LogP contribution in [0.2, 0.25) is 0 Å². The molecular formula is C24H23N5O3S2. The van der Waals surface area contributed by atoms with Crippen LogP contribution in [0.5, 0.6) is 0 Å². The largest absolute Gasteiger partial charge is 0.388 e. The monoisotopic (exact) mass is 493 g/mol. The standard InChI is InChI=1S/C24H23N5O3S2/c1-16(30)29-20-7-8-21(22-15-27-24(33-22)18-3-5-19(25-2)6-4-18)23(13-20)34(31,32)28-14-17-9-11-26-12-10-17/h3-13,15,25,28H,14H2,1-2H3,(H,29,30). The van der Waals surface area contributed by atoms with Gasteiger partial charge in [-0.15, -0.1) is 11.3 Å². The van der Waals surface area contributed by atoms with Gasteiger partial charge < -0.3 is 10.6 Å². The van der Waals surface area contributed by atoms with E-state index in [2.05, 4.69) is 25.3 Å². The number of sulfonamides is 1. The molecule has 0 aliphatic rings. The molecule has 10 heteroatoms. The lowest BCUT2D eigenvalue weighted by Crippen LogP contribution is -2.24. The molecule has 3 N–H and O–H groups in total. The maximum absolute atomic E-state index is 13.3. The van der Waals surface area contributed by atoms with Crippen molar-refractivity contribution in [3.8, 4) is 21.0 Å². The first kappa shape index (κ1) is 23.6. The summed E-state index contributed by atoms with van der Waals surface area (Å²) in [6.45, 7) is 1.49. The number of carbonyl (C=O) groups is 1. The molecule has 8 nitrogen and oxygen atoms in total. The summed E-state index contributed by atoms with van der Waals surface area (Å²) in [6.07, 6.45) is 4.88. The summed E-state index contributed by atoms with van der Waals surface area (Å²) in [6, 6.07) is 16.2. The van der Waals surface area contributed by atoms with Gasteiger partial charge in [0.15, 0.2) is 0 Å². The molecule has 0 aliphatic carbocycles. The zero-order valence-corrected chi connectivity index (χ0v) is 20.2. The summed E-state index contributed by atoms with van der Waals surface area (Å²) in [5.41, 5.74) is 3.61. The molecule has 0 radical (unpaired) electrons. The molecular weight excluding hydrogens is 470 g/mol. The Kier molecular flexibility index (Phi) is 7.01. The molecule has 174 valence electrons. The summed E-state index contributed by atoms with van der Waals surface area (Å²) >= 11 is 1.40. The molecule has 2 aromatic carbocycles. The van der Waals surface area contributed by atoms with Crippen LogP contribution >= 0.6 is 11.3 Å². The predicted molar refractivity (Wildman–Crippen MR) is 135 cm³/mol. The Morgan fingerprint density at radius 2 is 1.71 bits per heavy atom. The molecule has 0 saturated heterocycles. The second kappa shape index (κ2) is 10.1. The number of carbonyl (C=O) groups excluding carboxylic acids is 1. The van der Waals surface area contributed by atoms with E-state index >= 15 is 0 Å². The van der Waals surface area contributed by atoms with Crippen LogP contribution in [0.1, 0.15) is 12.5 Å². The lowest BCUT2D eigenvalue weighted by Gasteiger charge is -2.13. The van der Waals surface area contributed by atoms with E-state index in [9.17, 15) is 13.2 Å². The minimum Gasteiger partial charge on any atom is -0.388 e. The molecule has 4 aromatic rings. The van der Waals surface area contributed by atoms with Crippen molar-refractivity contribution in [2.75, 3.05) is 17.7 Å². The van der Waals surface area contributed by atoms with Gasteiger partial charge in [0.25, 0.3) is 0 Å². The van der Waals surface area contributed by atoms with Crippen molar-refractivity contribution in [2.45, 2.75) is 18.4 Å². The van der Waals surface area contributed by atoms with E-state index in [0.717, 1.165) is 21.8 Å². The number of benzene rings is 2.